The first-order valence-electron chi connectivity index (χ1n) is 10.9. The molecule has 0 aromatic heterocycles. The van der Waals surface area contributed by atoms with Gasteiger partial charge in [0.25, 0.3) is 0 Å². The van der Waals surface area contributed by atoms with Crippen LogP contribution in [0.2, 0.25) is 0 Å². The minimum absolute atomic E-state index is 0.212. The Morgan fingerprint density at radius 1 is 1.43 bits per heavy atom. The smallest absolute Gasteiger partial charge is 0.305 e. The van der Waals surface area contributed by atoms with Crippen LogP contribution >= 0.6 is 0 Å². The van der Waals surface area contributed by atoms with E-state index in [4.69, 9.17) is 14.2 Å². The number of esters is 1. The topological polar surface area (TPSA) is 65.1 Å². The van der Waals surface area contributed by atoms with E-state index in [1.807, 2.05) is 12.1 Å². The fraction of sp³-hybridized carbons (Fsp3) is 0.583. The van der Waals surface area contributed by atoms with E-state index >= 15 is 0 Å². The number of rotatable bonds is 6. The number of ether oxygens (including phenoxy) is 3. The van der Waals surface area contributed by atoms with Crippen LogP contribution in [0.3, 0.4) is 0 Å². The molecule has 1 aromatic carbocycles. The summed E-state index contributed by atoms with van der Waals surface area (Å²) in [6, 6.07) is 2.36. The van der Waals surface area contributed by atoms with E-state index in [1.54, 1.807) is 7.11 Å². The lowest BCUT2D eigenvalue weighted by Crippen LogP contribution is -2.66. The zero-order valence-electron chi connectivity index (χ0n) is 17.7. The van der Waals surface area contributed by atoms with Crippen LogP contribution in [-0.2, 0) is 32.6 Å². The average molecular weight is 411 g/mol. The van der Waals surface area contributed by atoms with Crippen molar-refractivity contribution >= 4 is 11.8 Å². The lowest BCUT2D eigenvalue weighted by atomic mass is 9.51. The third-order valence-corrected chi connectivity index (χ3v) is 7.84. The first kappa shape index (κ1) is 19.6. The molecule has 160 valence electrons. The van der Waals surface area contributed by atoms with Crippen molar-refractivity contribution in [2.75, 3.05) is 27.3 Å². The second-order valence-electron chi connectivity index (χ2n) is 8.95. The van der Waals surface area contributed by atoms with Gasteiger partial charge in [0.2, 0.25) is 0 Å². The Bertz CT molecular complexity index is 925. The molecule has 2 heterocycles. The summed E-state index contributed by atoms with van der Waals surface area (Å²) >= 11 is 0. The van der Waals surface area contributed by atoms with E-state index in [0.29, 0.717) is 37.0 Å². The Kier molecular flexibility index (Phi) is 4.65. The van der Waals surface area contributed by atoms with E-state index in [-0.39, 0.29) is 17.2 Å². The molecule has 0 radical (unpaired) electrons. The molecule has 2 fully saturated rings. The maximum absolute atomic E-state index is 13.0. The number of Topliss-reactive ketones (excluding diaryl/α,β-unsaturated/α-hetero) is 1. The van der Waals surface area contributed by atoms with Crippen LogP contribution in [0.15, 0.2) is 18.7 Å². The van der Waals surface area contributed by atoms with Gasteiger partial charge in [0, 0.05) is 36.4 Å². The summed E-state index contributed by atoms with van der Waals surface area (Å²) in [5.41, 5.74) is 3.29. The first-order valence-corrected chi connectivity index (χ1v) is 10.9. The van der Waals surface area contributed by atoms with Crippen molar-refractivity contribution in [1.82, 2.24) is 4.90 Å². The molecular formula is C24H29NO5. The van der Waals surface area contributed by atoms with E-state index in [0.717, 1.165) is 43.7 Å². The van der Waals surface area contributed by atoms with E-state index in [2.05, 4.69) is 11.5 Å². The SMILES string of the molecule is C=CCN1CC[C@@]23c4c5c(CCC(=O)OC)cc(OC)c4OC2C(=O)CCC3C1C5. The van der Waals surface area contributed by atoms with E-state index < -0.39 is 6.10 Å². The van der Waals surface area contributed by atoms with E-state index in [1.165, 1.54) is 18.2 Å². The summed E-state index contributed by atoms with van der Waals surface area (Å²) < 4.78 is 17.0. The van der Waals surface area contributed by atoms with Gasteiger partial charge >= 0.3 is 5.97 Å². The number of aryl methyl sites for hydroxylation is 1. The number of carbonyl (C=O) groups is 2. The molecule has 6 nitrogen and oxygen atoms in total. The van der Waals surface area contributed by atoms with Gasteiger partial charge in [-0.2, -0.15) is 0 Å². The molecule has 30 heavy (non-hydrogen) atoms. The highest BCUT2D eigenvalue weighted by Gasteiger charge is 2.66. The number of ketones is 1. The van der Waals surface area contributed by atoms with Gasteiger partial charge < -0.3 is 14.2 Å². The van der Waals surface area contributed by atoms with Gasteiger partial charge in [0.15, 0.2) is 23.4 Å². The summed E-state index contributed by atoms with van der Waals surface area (Å²) in [6.07, 6.45) is 5.78. The van der Waals surface area contributed by atoms with Crippen LogP contribution in [0, 0.1) is 5.92 Å². The van der Waals surface area contributed by atoms with Gasteiger partial charge in [0.1, 0.15) is 0 Å². The molecule has 6 heteroatoms. The summed E-state index contributed by atoms with van der Waals surface area (Å²) in [5.74, 6) is 1.82. The van der Waals surface area contributed by atoms with Crippen molar-refractivity contribution in [3.05, 3.63) is 35.4 Å². The molecule has 2 aliphatic carbocycles. The number of methoxy groups -OCH3 is 2. The van der Waals surface area contributed by atoms with Crippen molar-refractivity contribution in [3.8, 4) is 11.5 Å². The molecule has 1 aromatic rings. The Balaban J connectivity index is 1.68. The summed E-state index contributed by atoms with van der Waals surface area (Å²) in [7, 11) is 3.06. The Labute approximate surface area is 177 Å². The van der Waals surface area contributed by atoms with Crippen molar-refractivity contribution < 1.29 is 23.8 Å². The van der Waals surface area contributed by atoms with Crippen LogP contribution < -0.4 is 9.47 Å². The Morgan fingerprint density at radius 2 is 2.27 bits per heavy atom. The van der Waals surface area contributed by atoms with Crippen molar-refractivity contribution in [2.24, 2.45) is 5.92 Å². The van der Waals surface area contributed by atoms with Crippen LogP contribution in [0.4, 0.5) is 0 Å². The van der Waals surface area contributed by atoms with Crippen molar-refractivity contribution in [1.29, 1.82) is 0 Å². The molecule has 2 bridgehead atoms. The fourth-order valence-corrected chi connectivity index (χ4v) is 6.66. The lowest BCUT2D eigenvalue weighted by Gasteiger charge is -2.57. The monoisotopic (exact) mass is 411 g/mol. The molecule has 1 saturated carbocycles. The van der Waals surface area contributed by atoms with E-state index in [9.17, 15) is 9.59 Å². The molecule has 1 saturated heterocycles. The van der Waals surface area contributed by atoms with Gasteiger partial charge in [-0.05, 0) is 55.3 Å². The predicted octanol–water partition coefficient (Wildman–Crippen LogP) is 2.60. The highest BCUT2D eigenvalue weighted by atomic mass is 16.5. The maximum atomic E-state index is 13.0. The predicted molar refractivity (Wildman–Crippen MR) is 111 cm³/mol. The Hall–Kier alpha value is -2.34. The zero-order valence-corrected chi connectivity index (χ0v) is 17.7. The van der Waals surface area contributed by atoms with Crippen LogP contribution in [0.1, 0.15) is 42.4 Å². The van der Waals surface area contributed by atoms with Crippen molar-refractivity contribution in [2.45, 2.75) is 56.1 Å². The molecule has 5 rings (SSSR count). The van der Waals surface area contributed by atoms with Gasteiger partial charge in [0.05, 0.1) is 14.2 Å². The fourth-order valence-electron chi connectivity index (χ4n) is 6.66. The molecule has 1 spiro atoms. The third kappa shape index (κ3) is 2.52. The maximum Gasteiger partial charge on any atom is 0.305 e. The van der Waals surface area contributed by atoms with Crippen LogP contribution in [-0.4, -0.2) is 56.1 Å². The minimum Gasteiger partial charge on any atom is -0.493 e. The normalized spacial score (nSPS) is 31.0. The molecule has 0 N–H and O–H groups in total. The highest BCUT2D eigenvalue weighted by molar-refractivity contribution is 5.89. The number of piperidine rings is 1. The minimum atomic E-state index is -0.413. The van der Waals surface area contributed by atoms with Gasteiger partial charge in [-0.15, -0.1) is 6.58 Å². The van der Waals surface area contributed by atoms with Crippen LogP contribution in [0.5, 0.6) is 11.5 Å². The number of hydrogen-bond acceptors (Lipinski definition) is 6. The number of benzene rings is 1. The molecule has 4 atom stereocenters. The van der Waals surface area contributed by atoms with Gasteiger partial charge in [-0.25, -0.2) is 0 Å². The average Bonchev–Trinajstić information content (AvgIpc) is 3.10. The largest absolute Gasteiger partial charge is 0.493 e. The summed E-state index contributed by atoms with van der Waals surface area (Å²) in [5, 5.41) is 0. The molecule has 3 unspecified atom stereocenters. The molecular weight excluding hydrogens is 382 g/mol. The number of likely N-dealkylation sites (tertiary alicyclic amines) is 1. The second-order valence-corrected chi connectivity index (χ2v) is 8.95. The van der Waals surface area contributed by atoms with Gasteiger partial charge in [-0.3, -0.25) is 14.5 Å². The van der Waals surface area contributed by atoms with Crippen molar-refractivity contribution in [3.63, 3.8) is 0 Å². The summed E-state index contributed by atoms with van der Waals surface area (Å²) in [4.78, 5) is 27.4. The molecule has 0 amide bonds. The van der Waals surface area contributed by atoms with Crippen LogP contribution in [0.25, 0.3) is 0 Å². The quantitative estimate of drug-likeness (QED) is 0.530. The molecule has 4 aliphatic rings. The van der Waals surface area contributed by atoms with Gasteiger partial charge in [-0.1, -0.05) is 6.08 Å². The number of carbonyl (C=O) groups excluding carboxylic acids is 2. The first-order chi connectivity index (χ1) is 14.5. The second kappa shape index (κ2) is 7.12. The zero-order chi connectivity index (χ0) is 21.0. The molecule has 2 aliphatic heterocycles. The summed E-state index contributed by atoms with van der Waals surface area (Å²) in [6.45, 7) is 5.75. The Morgan fingerprint density at radius 3 is 3.00 bits per heavy atom. The number of hydrogen-bond donors (Lipinski definition) is 0. The lowest BCUT2D eigenvalue weighted by molar-refractivity contribution is -0.140. The third-order valence-electron chi connectivity index (χ3n) is 7.84. The standard InChI is InChI=1S/C24H29NO5/c1-4-10-25-11-9-24-16-6-7-18(26)23(24)30-22-19(28-2)12-14(5-8-20(27)29-3)15(21(22)24)13-17(16)25/h4,12,16-17,23H,1,5-11,13H2,2-3H3/t16?,17?,23?,24-/m1/s1. The number of nitrogens with zero attached hydrogens (tertiary/aromatic N) is 1. The highest BCUT2D eigenvalue weighted by Crippen LogP contribution is 2.63.